The van der Waals surface area contributed by atoms with Crippen LogP contribution in [0.4, 0.5) is 0 Å². The lowest BCUT2D eigenvalue weighted by molar-refractivity contribution is 0.0751. The highest BCUT2D eigenvalue weighted by Crippen LogP contribution is 2.28. The van der Waals surface area contributed by atoms with Gasteiger partial charge in [0.2, 0.25) is 0 Å². The molecule has 4 heteroatoms. The monoisotopic (exact) mass is 418 g/mol. The fourth-order valence-electron chi connectivity index (χ4n) is 3.87. The number of aromatic nitrogens is 1. The lowest BCUT2D eigenvalue weighted by Crippen LogP contribution is -2.33. The second-order valence-corrected chi connectivity index (χ2v) is 8.01. The number of methoxy groups -OCH3 is 1. The molecule has 0 unspecified atom stereocenters. The van der Waals surface area contributed by atoms with Crippen molar-refractivity contribution >= 4 is 16.8 Å². The Morgan fingerprint density at radius 2 is 1.61 bits per heavy atom. The minimum atomic E-state index is 0.106. The molecule has 3 aromatic rings. The van der Waals surface area contributed by atoms with Crippen LogP contribution in [-0.4, -0.2) is 36.0 Å². The van der Waals surface area contributed by atoms with Crippen LogP contribution in [0, 0.1) is 0 Å². The number of pyridine rings is 1. The van der Waals surface area contributed by atoms with Gasteiger partial charge in [-0.25, -0.2) is 4.98 Å². The van der Waals surface area contributed by atoms with Crippen LogP contribution in [0.2, 0.25) is 0 Å². The molecule has 0 aliphatic heterocycles. The second-order valence-electron chi connectivity index (χ2n) is 8.01. The van der Waals surface area contributed by atoms with Gasteiger partial charge < -0.3 is 9.64 Å². The number of unbranched alkanes of at least 4 members (excludes halogenated alkanes) is 4. The van der Waals surface area contributed by atoms with Crippen LogP contribution in [0.15, 0.2) is 54.6 Å². The molecule has 0 saturated carbocycles. The van der Waals surface area contributed by atoms with Crippen LogP contribution in [0.25, 0.3) is 22.2 Å². The van der Waals surface area contributed by atoms with Crippen molar-refractivity contribution in [1.29, 1.82) is 0 Å². The van der Waals surface area contributed by atoms with E-state index < -0.39 is 0 Å². The van der Waals surface area contributed by atoms with Crippen molar-refractivity contribution in [2.24, 2.45) is 0 Å². The minimum Gasteiger partial charge on any atom is -0.497 e. The lowest BCUT2D eigenvalue weighted by Gasteiger charge is -2.24. The Bertz CT molecular complexity index is 989. The zero-order valence-corrected chi connectivity index (χ0v) is 19.1. The van der Waals surface area contributed by atoms with E-state index in [1.165, 1.54) is 0 Å². The van der Waals surface area contributed by atoms with Gasteiger partial charge in [-0.3, -0.25) is 4.79 Å². The van der Waals surface area contributed by atoms with Crippen molar-refractivity contribution in [2.45, 2.75) is 52.4 Å². The molecule has 0 bridgehead atoms. The third-order valence-electron chi connectivity index (χ3n) is 5.66. The summed E-state index contributed by atoms with van der Waals surface area (Å²) < 4.78 is 5.39. The maximum atomic E-state index is 13.7. The predicted molar refractivity (Wildman–Crippen MR) is 129 cm³/mol. The van der Waals surface area contributed by atoms with Crippen molar-refractivity contribution in [2.75, 3.05) is 20.2 Å². The van der Waals surface area contributed by atoms with Crippen molar-refractivity contribution in [3.8, 4) is 17.0 Å². The first kappa shape index (κ1) is 22.8. The summed E-state index contributed by atoms with van der Waals surface area (Å²) >= 11 is 0. The van der Waals surface area contributed by atoms with Gasteiger partial charge in [0.05, 0.1) is 23.9 Å². The molecule has 0 N–H and O–H groups in total. The summed E-state index contributed by atoms with van der Waals surface area (Å²) in [7, 11) is 1.66. The normalized spacial score (nSPS) is 10.9. The number of nitrogens with zero attached hydrogens (tertiary/aromatic N) is 2. The highest BCUT2D eigenvalue weighted by molar-refractivity contribution is 6.07. The number of para-hydroxylation sites is 1. The number of hydrogen-bond donors (Lipinski definition) is 0. The average molecular weight is 419 g/mol. The number of carbonyl (C=O) groups excluding carboxylic acids is 1. The smallest absolute Gasteiger partial charge is 0.254 e. The Hall–Kier alpha value is -2.88. The quantitative estimate of drug-likeness (QED) is 0.324. The molecular formula is C27H34N2O2. The number of amides is 1. The number of ether oxygens (including phenoxy) is 1. The van der Waals surface area contributed by atoms with Gasteiger partial charge in [-0.05, 0) is 37.1 Å². The van der Waals surface area contributed by atoms with E-state index in [1.807, 2.05) is 59.5 Å². The lowest BCUT2D eigenvalue weighted by atomic mass is 10.0. The largest absolute Gasteiger partial charge is 0.497 e. The maximum absolute atomic E-state index is 13.7. The summed E-state index contributed by atoms with van der Waals surface area (Å²) in [6.45, 7) is 6.00. The number of fused-ring (bicyclic) bond motifs is 1. The van der Waals surface area contributed by atoms with E-state index in [0.29, 0.717) is 0 Å². The molecule has 0 aliphatic rings. The van der Waals surface area contributed by atoms with Gasteiger partial charge in [-0.2, -0.15) is 0 Å². The van der Waals surface area contributed by atoms with E-state index in [9.17, 15) is 4.79 Å². The molecule has 0 spiro atoms. The molecule has 164 valence electrons. The third-order valence-corrected chi connectivity index (χ3v) is 5.66. The molecule has 1 aromatic heterocycles. The summed E-state index contributed by atoms with van der Waals surface area (Å²) in [5, 5.41) is 0.912. The SMILES string of the molecule is CCCCCN(CCCCC)C(=O)c1cc(-c2cccc(OC)c2)nc2ccccc12. The molecule has 31 heavy (non-hydrogen) atoms. The first-order valence-corrected chi connectivity index (χ1v) is 11.5. The first-order valence-electron chi connectivity index (χ1n) is 11.5. The van der Waals surface area contributed by atoms with Gasteiger partial charge in [-0.1, -0.05) is 69.9 Å². The summed E-state index contributed by atoms with van der Waals surface area (Å²) in [5.74, 6) is 0.885. The van der Waals surface area contributed by atoms with E-state index in [2.05, 4.69) is 13.8 Å². The Kier molecular flexibility index (Phi) is 8.45. The predicted octanol–water partition coefficient (Wildman–Crippen LogP) is 6.73. The summed E-state index contributed by atoms with van der Waals surface area (Å²) in [6, 6.07) is 17.7. The minimum absolute atomic E-state index is 0.106. The molecule has 0 fully saturated rings. The number of carbonyl (C=O) groups is 1. The van der Waals surface area contributed by atoms with Crippen molar-refractivity contribution in [3.63, 3.8) is 0 Å². The Morgan fingerprint density at radius 1 is 0.903 bits per heavy atom. The first-order chi connectivity index (χ1) is 15.2. The van der Waals surface area contributed by atoms with Crippen molar-refractivity contribution in [3.05, 3.63) is 60.2 Å². The molecule has 1 amide bonds. The van der Waals surface area contributed by atoms with Gasteiger partial charge in [0, 0.05) is 24.0 Å². The van der Waals surface area contributed by atoms with Gasteiger partial charge in [-0.15, -0.1) is 0 Å². The molecule has 1 heterocycles. The molecular weight excluding hydrogens is 384 g/mol. The van der Waals surface area contributed by atoms with E-state index in [4.69, 9.17) is 9.72 Å². The summed E-state index contributed by atoms with van der Waals surface area (Å²) in [6.07, 6.45) is 6.66. The molecule has 4 nitrogen and oxygen atoms in total. The summed E-state index contributed by atoms with van der Waals surface area (Å²) in [5.41, 5.74) is 3.32. The highest BCUT2D eigenvalue weighted by Gasteiger charge is 2.20. The number of rotatable bonds is 11. The van der Waals surface area contributed by atoms with Crippen LogP contribution in [0.5, 0.6) is 5.75 Å². The Labute approximate surface area is 186 Å². The van der Waals surface area contributed by atoms with E-state index >= 15 is 0 Å². The maximum Gasteiger partial charge on any atom is 0.254 e. The molecule has 3 rings (SSSR count). The third kappa shape index (κ3) is 5.84. The second kappa shape index (κ2) is 11.5. The van der Waals surface area contributed by atoms with Crippen molar-refractivity contribution in [1.82, 2.24) is 9.88 Å². The fraction of sp³-hybridized carbons (Fsp3) is 0.407. The molecule has 0 saturated heterocycles. The molecule has 0 radical (unpaired) electrons. The number of hydrogen-bond acceptors (Lipinski definition) is 3. The van der Waals surface area contributed by atoms with Crippen LogP contribution < -0.4 is 4.74 Å². The van der Waals surface area contributed by atoms with Gasteiger partial charge in [0.1, 0.15) is 5.75 Å². The molecule has 0 aliphatic carbocycles. The van der Waals surface area contributed by atoms with Gasteiger partial charge in [0.15, 0.2) is 0 Å². The van der Waals surface area contributed by atoms with Crippen molar-refractivity contribution < 1.29 is 9.53 Å². The number of benzene rings is 2. The van der Waals surface area contributed by atoms with Crippen LogP contribution in [-0.2, 0) is 0 Å². The zero-order chi connectivity index (χ0) is 22.1. The van der Waals surface area contributed by atoms with Crippen LogP contribution in [0.3, 0.4) is 0 Å². The van der Waals surface area contributed by atoms with E-state index in [1.54, 1.807) is 7.11 Å². The van der Waals surface area contributed by atoms with Gasteiger partial charge >= 0.3 is 0 Å². The Balaban J connectivity index is 2.01. The van der Waals surface area contributed by atoms with Crippen LogP contribution >= 0.6 is 0 Å². The fourth-order valence-corrected chi connectivity index (χ4v) is 3.87. The summed E-state index contributed by atoms with van der Waals surface area (Å²) in [4.78, 5) is 20.6. The van der Waals surface area contributed by atoms with E-state index in [-0.39, 0.29) is 5.91 Å². The molecule has 0 atom stereocenters. The highest BCUT2D eigenvalue weighted by atomic mass is 16.5. The average Bonchev–Trinajstić information content (AvgIpc) is 2.82. The standard InChI is InChI=1S/C27H34N2O2/c1-4-6-10-17-29(18-11-7-5-2)27(30)24-20-26(21-13-12-14-22(19-21)31-3)28-25-16-9-8-15-23(24)25/h8-9,12-16,19-20H,4-7,10-11,17-18H2,1-3H3. The van der Waals surface area contributed by atoms with E-state index in [0.717, 1.165) is 85.1 Å². The van der Waals surface area contributed by atoms with Gasteiger partial charge in [0.25, 0.3) is 5.91 Å². The topological polar surface area (TPSA) is 42.4 Å². The zero-order valence-electron chi connectivity index (χ0n) is 19.1. The van der Waals surface area contributed by atoms with Crippen LogP contribution in [0.1, 0.15) is 62.7 Å². The Morgan fingerprint density at radius 3 is 2.29 bits per heavy atom. The molecule has 2 aromatic carbocycles.